The van der Waals surface area contributed by atoms with Gasteiger partial charge in [0, 0.05) is 12.8 Å². The van der Waals surface area contributed by atoms with Gasteiger partial charge in [0.25, 0.3) is 0 Å². The van der Waals surface area contributed by atoms with E-state index < -0.39 is 0 Å². The summed E-state index contributed by atoms with van der Waals surface area (Å²) in [5.41, 5.74) is 0. The van der Waals surface area contributed by atoms with Crippen LogP contribution in [0.15, 0.2) is 0 Å². The third-order valence-corrected chi connectivity index (χ3v) is 12.8. The molecule has 0 atom stereocenters. The molecule has 0 aliphatic carbocycles. The van der Waals surface area contributed by atoms with Crippen molar-refractivity contribution in [3.05, 3.63) is 0 Å². The van der Waals surface area contributed by atoms with Crippen molar-refractivity contribution in [3.63, 3.8) is 0 Å². The van der Waals surface area contributed by atoms with Crippen LogP contribution in [0.2, 0.25) is 0 Å². The normalized spacial score (nSPS) is 11.4. The van der Waals surface area contributed by atoms with E-state index >= 15 is 0 Å². The highest BCUT2D eigenvalue weighted by atomic mass is 16.5. The van der Waals surface area contributed by atoms with Gasteiger partial charge in [0.1, 0.15) is 0 Å². The number of hydrogen-bond donors (Lipinski definition) is 0. The van der Waals surface area contributed by atoms with Gasteiger partial charge in [0.2, 0.25) is 0 Å². The zero-order chi connectivity index (χ0) is 42.6. The Hall–Kier alpha value is -1.06. The van der Waals surface area contributed by atoms with Crippen LogP contribution in [-0.4, -0.2) is 25.2 Å². The zero-order valence-electron chi connectivity index (χ0n) is 40.7. The molecule has 0 aliphatic rings. The predicted octanol–water partition coefficient (Wildman–Crippen LogP) is 19.2. The second kappa shape index (κ2) is 53.1. The Bertz CT molecular complexity index is 732. The molecule has 0 rings (SSSR count). The van der Waals surface area contributed by atoms with E-state index in [0.717, 1.165) is 25.7 Å². The molecular formula is C55H108O4. The Labute approximate surface area is 371 Å². The van der Waals surface area contributed by atoms with E-state index in [2.05, 4.69) is 13.8 Å². The van der Waals surface area contributed by atoms with E-state index in [1.807, 2.05) is 0 Å². The van der Waals surface area contributed by atoms with Gasteiger partial charge in [0.05, 0.1) is 13.2 Å². The van der Waals surface area contributed by atoms with Crippen molar-refractivity contribution in [1.29, 1.82) is 0 Å². The van der Waals surface area contributed by atoms with Crippen LogP contribution in [0.1, 0.15) is 328 Å². The molecule has 0 bridgehead atoms. The van der Waals surface area contributed by atoms with E-state index in [9.17, 15) is 9.59 Å². The summed E-state index contributed by atoms with van der Waals surface area (Å²) in [4.78, 5) is 24.1. The fraction of sp³-hybridized carbons (Fsp3) is 0.964. The minimum absolute atomic E-state index is 0.0143. The van der Waals surface area contributed by atoms with Crippen LogP contribution in [0.25, 0.3) is 0 Å². The van der Waals surface area contributed by atoms with Crippen LogP contribution in [-0.2, 0) is 19.1 Å². The quantitative estimate of drug-likeness (QED) is 0.0452. The molecule has 59 heavy (non-hydrogen) atoms. The van der Waals surface area contributed by atoms with Crippen molar-refractivity contribution in [1.82, 2.24) is 0 Å². The zero-order valence-corrected chi connectivity index (χ0v) is 40.7. The summed E-state index contributed by atoms with van der Waals surface area (Å²) in [6.07, 6.45) is 63.9. The van der Waals surface area contributed by atoms with E-state index in [0.29, 0.717) is 26.1 Å². The molecule has 352 valence electrons. The number of carbonyl (C=O) groups excluding carboxylic acids is 2. The number of carbonyl (C=O) groups is 2. The van der Waals surface area contributed by atoms with E-state index in [4.69, 9.17) is 9.47 Å². The second-order valence-electron chi connectivity index (χ2n) is 18.9. The fourth-order valence-electron chi connectivity index (χ4n) is 8.65. The Morgan fingerprint density at radius 2 is 0.373 bits per heavy atom. The molecular weight excluding hydrogens is 725 g/mol. The first-order valence-corrected chi connectivity index (χ1v) is 27.5. The number of esters is 2. The molecule has 0 spiro atoms. The standard InChI is InChI=1S/C55H108O4/c1-3-5-7-9-11-13-15-17-19-21-23-26-30-34-38-42-46-50-54(56)58-52-48-44-40-36-32-28-25-29-33-37-41-45-49-53-59-55(57)51-47-43-39-35-31-27-24-22-20-18-16-14-12-10-8-6-4-2/h3-53H2,1-2H3. The van der Waals surface area contributed by atoms with Gasteiger partial charge in [-0.15, -0.1) is 0 Å². The van der Waals surface area contributed by atoms with Crippen LogP contribution in [0.5, 0.6) is 0 Å². The smallest absolute Gasteiger partial charge is 0.305 e. The topological polar surface area (TPSA) is 52.6 Å². The van der Waals surface area contributed by atoms with Crippen molar-refractivity contribution in [2.75, 3.05) is 13.2 Å². The highest BCUT2D eigenvalue weighted by Gasteiger charge is 2.05. The SMILES string of the molecule is CCCCCCCCCCCCCCCCCCCC(=O)OCCCCCCCCCCCCCCCOC(=O)CCCCCCCCCCCCCCCCCCC. The molecule has 4 heteroatoms. The molecule has 0 aliphatic heterocycles. The van der Waals surface area contributed by atoms with Gasteiger partial charge in [-0.25, -0.2) is 0 Å². The second-order valence-corrected chi connectivity index (χ2v) is 18.9. The van der Waals surface area contributed by atoms with Crippen LogP contribution in [0.3, 0.4) is 0 Å². The van der Waals surface area contributed by atoms with Gasteiger partial charge in [-0.1, -0.05) is 290 Å². The number of rotatable bonds is 52. The third kappa shape index (κ3) is 53.0. The number of ether oxygens (including phenoxy) is 2. The average molecular weight is 833 g/mol. The molecule has 0 saturated heterocycles. The molecule has 0 fully saturated rings. The molecule has 0 heterocycles. The molecule has 4 nitrogen and oxygen atoms in total. The summed E-state index contributed by atoms with van der Waals surface area (Å²) in [7, 11) is 0. The van der Waals surface area contributed by atoms with Gasteiger partial charge in [-0.3, -0.25) is 9.59 Å². The van der Waals surface area contributed by atoms with Crippen LogP contribution in [0, 0.1) is 0 Å². The minimum atomic E-state index is 0.0143. The van der Waals surface area contributed by atoms with Crippen molar-refractivity contribution < 1.29 is 19.1 Å². The maximum atomic E-state index is 12.1. The van der Waals surface area contributed by atoms with Gasteiger partial charge < -0.3 is 9.47 Å². The predicted molar refractivity (Wildman–Crippen MR) is 259 cm³/mol. The molecule has 0 aromatic rings. The van der Waals surface area contributed by atoms with Gasteiger partial charge >= 0.3 is 11.9 Å². The Kier molecular flexibility index (Phi) is 52.1. The molecule has 0 amide bonds. The van der Waals surface area contributed by atoms with Gasteiger partial charge in [0.15, 0.2) is 0 Å². The van der Waals surface area contributed by atoms with E-state index in [-0.39, 0.29) is 11.9 Å². The minimum Gasteiger partial charge on any atom is -0.466 e. The Morgan fingerprint density at radius 3 is 0.559 bits per heavy atom. The molecule has 0 aromatic carbocycles. The maximum Gasteiger partial charge on any atom is 0.305 e. The van der Waals surface area contributed by atoms with Crippen LogP contribution < -0.4 is 0 Å². The van der Waals surface area contributed by atoms with Crippen molar-refractivity contribution in [2.24, 2.45) is 0 Å². The average Bonchev–Trinajstić information content (AvgIpc) is 3.24. The van der Waals surface area contributed by atoms with Crippen LogP contribution >= 0.6 is 0 Å². The van der Waals surface area contributed by atoms with Crippen molar-refractivity contribution in [3.8, 4) is 0 Å². The third-order valence-electron chi connectivity index (χ3n) is 12.8. The lowest BCUT2D eigenvalue weighted by Gasteiger charge is -2.06. The highest BCUT2D eigenvalue weighted by molar-refractivity contribution is 5.69. The molecule has 0 unspecified atom stereocenters. The maximum absolute atomic E-state index is 12.1. The summed E-state index contributed by atoms with van der Waals surface area (Å²) < 4.78 is 11.0. The summed E-state index contributed by atoms with van der Waals surface area (Å²) >= 11 is 0. The first-order valence-electron chi connectivity index (χ1n) is 27.5. The summed E-state index contributed by atoms with van der Waals surface area (Å²) in [5, 5.41) is 0. The molecule has 0 radical (unpaired) electrons. The number of hydrogen-bond acceptors (Lipinski definition) is 4. The van der Waals surface area contributed by atoms with E-state index in [1.165, 1.54) is 276 Å². The fourth-order valence-corrected chi connectivity index (χ4v) is 8.65. The summed E-state index contributed by atoms with van der Waals surface area (Å²) in [6, 6.07) is 0. The van der Waals surface area contributed by atoms with Gasteiger partial charge in [-0.2, -0.15) is 0 Å². The molecule has 0 saturated carbocycles. The Balaban J connectivity index is 3.20. The summed E-state index contributed by atoms with van der Waals surface area (Å²) in [6.45, 7) is 5.81. The van der Waals surface area contributed by atoms with E-state index in [1.54, 1.807) is 0 Å². The molecule has 0 aromatic heterocycles. The monoisotopic (exact) mass is 833 g/mol. The first kappa shape index (κ1) is 57.9. The number of unbranched alkanes of at least 4 members (excludes halogenated alkanes) is 44. The van der Waals surface area contributed by atoms with Crippen molar-refractivity contribution >= 4 is 11.9 Å². The lowest BCUT2D eigenvalue weighted by atomic mass is 10.0. The Morgan fingerprint density at radius 1 is 0.220 bits per heavy atom. The largest absolute Gasteiger partial charge is 0.466 e. The summed E-state index contributed by atoms with van der Waals surface area (Å²) in [5.74, 6) is 0.0286. The lowest BCUT2D eigenvalue weighted by molar-refractivity contribution is -0.144. The molecule has 0 N–H and O–H groups in total. The van der Waals surface area contributed by atoms with Crippen molar-refractivity contribution in [2.45, 2.75) is 328 Å². The first-order chi connectivity index (χ1) is 29.2. The van der Waals surface area contributed by atoms with Gasteiger partial charge in [-0.05, 0) is 25.7 Å². The highest BCUT2D eigenvalue weighted by Crippen LogP contribution is 2.17. The lowest BCUT2D eigenvalue weighted by Crippen LogP contribution is -2.05. The van der Waals surface area contributed by atoms with Crippen LogP contribution in [0.4, 0.5) is 0 Å².